The lowest BCUT2D eigenvalue weighted by Crippen LogP contribution is -2.52. The lowest BCUT2D eigenvalue weighted by molar-refractivity contribution is -0.119. The van der Waals surface area contributed by atoms with Crippen LogP contribution < -0.4 is 5.32 Å². The lowest BCUT2D eigenvalue weighted by Gasteiger charge is -2.46. The Labute approximate surface area is 185 Å². The highest BCUT2D eigenvalue weighted by Gasteiger charge is 2.41. The summed E-state index contributed by atoms with van der Waals surface area (Å²) < 4.78 is 0. The fourth-order valence-electron chi connectivity index (χ4n) is 4.52. The molecule has 2 N–H and O–H groups in total. The van der Waals surface area contributed by atoms with Gasteiger partial charge < -0.3 is 15.3 Å². The van der Waals surface area contributed by atoms with Gasteiger partial charge in [-0.25, -0.2) is 0 Å². The zero-order chi connectivity index (χ0) is 22.6. The minimum Gasteiger partial charge on any atom is -0.508 e. The molecule has 2 aromatic rings. The molecule has 0 aliphatic heterocycles. The van der Waals surface area contributed by atoms with Gasteiger partial charge in [0.25, 0.3) is 5.91 Å². The Kier molecular flexibility index (Phi) is 7.04. The summed E-state index contributed by atoms with van der Waals surface area (Å²) in [6.45, 7) is 9.20. The van der Waals surface area contributed by atoms with Crippen molar-refractivity contribution < 1.29 is 14.7 Å². The van der Waals surface area contributed by atoms with Crippen molar-refractivity contribution in [2.24, 2.45) is 5.41 Å². The first-order valence-electron chi connectivity index (χ1n) is 11.2. The maximum atomic E-state index is 13.6. The topological polar surface area (TPSA) is 69.6 Å². The Morgan fingerprint density at radius 3 is 2.52 bits per heavy atom. The van der Waals surface area contributed by atoms with Crippen LogP contribution in [0.2, 0.25) is 0 Å². The van der Waals surface area contributed by atoms with Gasteiger partial charge in [-0.1, -0.05) is 51.5 Å². The molecule has 0 fully saturated rings. The molecule has 0 bridgehead atoms. The number of fused-ring (bicyclic) bond motifs is 1. The number of unbranched alkanes of at least 4 members (excludes halogenated alkanes) is 1. The molecule has 0 saturated carbocycles. The minimum atomic E-state index is -0.102. The first-order chi connectivity index (χ1) is 14.7. The van der Waals surface area contributed by atoms with E-state index in [1.54, 1.807) is 6.07 Å². The summed E-state index contributed by atoms with van der Waals surface area (Å²) in [6, 6.07) is 13.2. The Morgan fingerprint density at radius 2 is 1.87 bits per heavy atom. The molecule has 5 nitrogen and oxygen atoms in total. The molecule has 5 heteroatoms. The second kappa shape index (κ2) is 9.54. The molecule has 3 rings (SSSR count). The van der Waals surface area contributed by atoms with E-state index in [-0.39, 0.29) is 23.3 Å². The highest BCUT2D eigenvalue weighted by atomic mass is 16.3. The Bertz CT molecular complexity index is 934. The number of nitrogens with one attached hydrogen (secondary N) is 1. The van der Waals surface area contributed by atoms with E-state index in [0.29, 0.717) is 30.8 Å². The first kappa shape index (κ1) is 22.9. The van der Waals surface area contributed by atoms with Gasteiger partial charge in [0.05, 0.1) is 0 Å². The van der Waals surface area contributed by atoms with Crippen LogP contribution in [0.4, 0.5) is 0 Å². The molecule has 0 aromatic heterocycles. The largest absolute Gasteiger partial charge is 0.508 e. The van der Waals surface area contributed by atoms with E-state index in [4.69, 9.17) is 0 Å². The van der Waals surface area contributed by atoms with Crippen molar-refractivity contribution in [1.82, 2.24) is 10.2 Å². The molecule has 1 aliphatic carbocycles. The predicted molar refractivity (Wildman–Crippen MR) is 123 cm³/mol. The van der Waals surface area contributed by atoms with Crippen molar-refractivity contribution in [2.75, 3.05) is 6.54 Å². The summed E-state index contributed by atoms with van der Waals surface area (Å²) in [6.07, 6.45) is 3.43. The summed E-state index contributed by atoms with van der Waals surface area (Å²) in [5.41, 5.74) is 3.65. The van der Waals surface area contributed by atoms with Crippen molar-refractivity contribution >= 4 is 11.8 Å². The van der Waals surface area contributed by atoms with Crippen LogP contribution in [0, 0.1) is 5.41 Å². The molecule has 166 valence electrons. The molecule has 0 heterocycles. The second-order valence-corrected chi connectivity index (χ2v) is 9.26. The first-order valence-corrected chi connectivity index (χ1v) is 11.2. The number of carbonyl (C=O) groups excluding carboxylic acids is 2. The van der Waals surface area contributed by atoms with E-state index in [9.17, 15) is 14.7 Å². The summed E-state index contributed by atoms with van der Waals surface area (Å²) >= 11 is 0. The fraction of sp³-hybridized carbons (Fsp3) is 0.462. The van der Waals surface area contributed by atoms with Gasteiger partial charge >= 0.3 is 0 Å². The summed E-state index contributed by atoms with van der Waals surface area (Å²) in [7, 11) is 0. The fourth-order valence-corrected chi connectivity index (χ4v) is 4.52. The molecule has 1 atom stereocenters. The number of benzene rings is 2. The van der Waals surface area contributed by atoms with Crippen molar-refractivity contribution in [3.63, 3.8) is 0 Å². The zero-order valence-corrected chi connectivity index (χ0v) is 19.1. The van der Waals surface area contributed by atoms with Crippen molar-refractivity contribution in [3.05, 3.63) is 64.7 Å². The SMILES string of the molecule is CCCCN(C(=O)c1ccc(CNC(C)=O)cc1)[C@@H]1Cc2c(O)cccc2CC1(C)C. The third kappa shape index (κ3) is 5.27. The number of nitrogens with zero attached hydrogens (tertiary/aromatic N) is 1. The van der Waals surface area contributed by atoms with Crippen molar-refractivity contribution in [1.29, 1.82) is 0 Å². The highest BCUT2D eigenvalue weighted by molar-refractivity contribution is 5.94. The van der Waals surface area contributed by atoms with Crippen LogP contribution in [0.15, 0.2) is 42.5 Å². The van der Waals surface area contributed by atoms with Gasteiger partial charge in [-0.2, -0.15) is 0 Å². The number of amides is 2. The van der Waals surface area contributed by atoms with Gasteiger partial charge in [0, 0.05) is 31.6 Å². The molecule has 2 amide bonds. The van der Waals surface area contributed by atoms with E-state index < -0.39 is 0 Å². The highest BCUT2D eigenvalue weighted by Crippen LogP contribution is 2.41. The molecule has 31 heavy (non-hydrogen) atoms. The molecule has 0 radical (unpaired) electrons. The van der Waals surface area contributed by atoms with E-state index in [1.165, 1.54) is 12.5 Å². The predicted octanol–water partition coefficient (Wildman–Crippen LogP) is 4.46. The molecule has 2 aromatic carbocycles. The number of phenolic OH excluding ortho intramolecular Hbond substituents is 1. The Morgan fingerprint density at radius 1 is 1.16 bits per heavy atom. The smallest absolute Gasteiger partial charge is 0.254 e. The van der Waals surface area contributed by atoms with Crippen molar-refractivity contribution in [2.45, 2.75) is 66.0 Å². The Balaban J connectivity index is 1.88. The second-order valence-electron chi connectivity index (χ2n) is 9.26. The van der Waals surface area contributed by atoms with Crippen LogP contribution in [0.25, 0.3) is 0 Å². The summed E-state index contributed by atoms with van der Waals surface area (Å²) in [4.78, 5) is 26.8. The van der Waals surface area contributed by atoms with E-state index >= 15 is 0 Å². The molecule has 1 aliphatic rings. The molecule has 0 saturated heterocycles. The lowest BCUT2D eigenvalue weighted by atomic mass is 9.69. The normalized spacial score (nSPS) is 17.0. The number of phenols is 1. The van der Waals surface area contributed by atoms with E-state index in [2.05, 4.69) is 32.2 Å². The van der Waals surface area contributed by atoms with Crippen LogP contribution in [0.5, 0.6) is 5.75 Å². The average molecular weight is 423 g/mol. The number of hydrogen-bond acceptors (Lipinski definition) is 3. The van der Waals surface area contributed by atoms with E-state index in [0.717, 1.165) is 30.4 Å². The minimum absolute atomic E-state index is 0.00593. The number of hydrogen-bond donors (Lipinski definition) is 2. The van der Waals surface area contributed by atoms with Crippen molar-refractivity contribution in [3.8, 4) is 5.75 Å². The van der Waals surface area contributed by atoms with Crippen LogP contribution in [-0.4, -0.2) is 34.4 Å². The number of rotatable bonds is 7. The van der Waals surface area contributed by atoms with Gasteiger partial charge in [0.2, 0.25) is 5.91 Å². The van der Waals surface area contributed by atoms with Gasteiger partial charge in [0.1, 0.15) is 5.75 Å². The monoisotopic (exact) mass is 422 g/mol. The molecular weight excluding hydrogens is 388 g/mol. The third-order valence-electron chi connectivity index (χ3n) is 6.33. The number of carbonyl (C=O) groups is 2. The van der Waals surface area contributed by atoms with Crippen LogP contribution in [0.3, 0.4) is 0 Å². The van der Waals surface area contributed by atoms with Gasteiger partial charge in [0.15, 0.2) is 0 Å². The molecule has 0 spiro atoms. The quantitative estimate of drug-likeness (QED) is 0.692. The Hall–Kier alpha value is -2.82. The van der Waals surface area contributed by atoms with Gasteiger partial charge in [-0.05, 0) is 59.6 Å². The zero-order valence-electron chi connectivity index (χ0n) is 19.1. The maximum Gasteiger partial charge on any atom is 0.254 e. The maximum absolute atomic E-state index is 13.6. The van der Waals surface area contributed by atoms with E-state index in [1.807, 2.05) is 35.2 Å². The van der Waals surface area contributed by atoms with Crippen LogP contribution >= 0.6 is 0 Å². The van der Waals surface area contributed by atoms with Gasteiger partial charge in [-0.3, -0.25) is 9.59 Å². The van der Waals surface area contributed by atoms with Gasteiger partial charge in [-0.15, -0.1) is 0 Å². The third-order valence-corrected chi connectivity index (χ3v) is 6.33. The average Bonchev–Trinajstić information content (AvgIpc) is 2.73. The molecule has 0 unspecified atom stereocenters. The summed E-state index contributed by atoms with van der Waals surface area (Å²) in [5, 5.41) is 13.2. The summed E-state index contributed by atoms with van der Waals surface area (Å²) in [5.74, 6) is 0.272. The van der Waals surface area contributed by atoms with Crippen LogP contribution in [0.1, 0.15) is 67.6 Å². The molecular formula is C26H34N2O3. The standard InChI is InChI=1S/C26H34N2O3/c1-5-6-14-28(25(31)20-12-10-19(11-13-20)17-27-18(2)29)24-15-22-21(16-26(24,3)4)8-7-9-23(22)30/h7-13,24,30H,5-6,14-17H2,1-4H3,(H,27,29)/t24-/m1/s1. The van der Waals surface area contributed by atoms with Crippen LogP contribution in [-0.2, 0) is 24.2 Å². The number of aromatic hydroxyl groups is 1.